The Labute approximate surface area is 96.8 Å². The van der Waals surface area contributed by atoms with Crippen LogP contribution in [0.25, 0.3) is 0 Å². The molecule has 2 N–H and O–H groups in total. The summed E-state index contributed by atoms with van der Waals surface area (Å²) in [5.41, 5.74) is 1.21. The zero-order chi connectivity index (χ0) is 11.7. The first kappa shape index (κ1) is 11.7. The molecule has 1 fully saturated rings. The molecule has 3 heteroatoms. The Morgan fingerprint density at radius 2 is 2.19 bits per heavy atom. The third-order valence-corrected chi connectivity index (χ3v) is 3.49. The van der Waals surface area contributed by atoms with Crippen LogP contribution in [-0.4, -0.2) is 17.3 Å². The SMILES string of the molecule is Cc1cc(C(C)N[C@@H]2CCC[C@H]2O)c(C)o1. The van der Waals surface area contributed by atoms with Crippen LogP contribution < -0.4 is 5.32 Å². The minimum Gasteiger partial charge on any atom is -0.466 e. The summed E-state index contributed by atoms with van der Waals surface area (Å²) in [6, 6.07) is 2.56. The Morgan fingerprint density at radius 3 is 2.69 bits per heavy atom. The van der Waals surface area contributed by atoms with E-state index in [0.29, 0.717) is 0 Å². The van der Waals surface area contributed by atoms with Gasteiger partial charge in [0.05, 0.1) is 6.10 Å². The molecule has 1 aliphatic carbocycles. The van der Waals surface area contributed by atoms with Crippen molar-refractivity contribution in [2.75, 3.05) is 0 Å². The number of aliphatic hydroxyl groups excluding tert-OH is 1. The fraction of sp³-hybridized carbons (Fsp3) is 0.692. The minimum atomic E-state index is -0.184. The van der Waals surface area contributed by atoms with E-state index in [1.807, 2.05) is 13.8 Å². The van der Waals surface area contributed by atoms with E-state index >= 15 is 0 Å². The van der Waals surface area contributed by atoms with Crippen molar-refractivity contribution in [2.45, 2.75) is 58.2 Å². The molecule has 0 amide bonds. The van der Waals surface area contributed by atoms with Crippen LogP contribution in [0.5, 0.6) is 0 Å². The molecule has 3 nitrogen and oxygen atoms in total. The molecule has 0 aromatic carbocycles. The number of nitrogens with one attached hydrogen (secondary N) is 1. The van der Waals surface area contributed by atoms with Crippen LogP contribution in [0.3, 0.4) is 0 Å². The zero-order valence-corrected chi connectivity index (χ0v) is 10.3. The number of hydrogen-bond donors (Lipinski definition) is 2. The van der Waals surface area contributed by atoms with Gasteiger partial charge in [-0.2, -0.15) is 0 Å². The number of furan rings is 1. The van der Waals surface area contributed by atoms with Crippen LogP contribution in [0.1, 0.15) is 49.3 Å². The summed E-state index contributed by atoms with van der Waals surface area (Å²) in [6.45, 7) is 6.08. The molecular formula is C13H21NO2. The van der Waals surface area contributed by atoms with Gasteiger partial charge in [0.15, 0.2) is 0 Å². The maximum Gasteiger partial charge on any atom is 0.105 e. The second-order valence-electron chi connectivity index (χ2n) is 4.86. The van der Waals surface area contributed by atoms with Crippen LogP contribution >= 0.6 is 0 Å². The second-order valence-corrected chi connectivity index (χ2v) is 4.86. The third kappa shape index (κ3) is 2.30. The molecule has 1 heterocycles. The Balaban J connectivity index is 2.02. The van der Waals surface area contributed by atoms with Gasteiger partial charge in [-0.05, 0) is 46.1 Å². The number of rotatable bonds is 3. The van der Waals surface area contributed by atoms with E-state index < -0.39 is 0 Å². The first-order chi connectivity index (χ1) is 7.58. The molecule has 0 aliphatic heterocycles. The molecule has 1 aromatic rings. The van der Waals surface area contributed by atoms with Crippen molar-refractivity contribution in [3.05, 3.63) is 23.2 Å². The predicted octanol–water partition coefficient (Wildman–Crippen LogP) is 2.46. The quantitative estimate of drug-likeness (QED) is 0.827. The molecule has 1 aliphatic rings. The maximum atomic E-state index is 9.77. The molecule has 1 saturated carbocycles. The first-order valence-electron chi connectivity index (χ1n) is 6.09. The molecule has 1 unspecified atom stereocenters. The molecule has 0 saturated heterocycles. The highest BCUT2D eigenvalue weighted by molar-refractivity contribution is 5.23. The Morgan fingerprint density at radius 1 is 1.44 bits per heavy atom. The molecular weight excluding hydrogens is 202 g/mol. The topological polar surface area (TPSA) is 45.4 Å². The molecule has 16 heavy (non-hydrogen) atoms. The molecule has 0 bridgehead atoms. The van der Waals surface area contributed by atoms with Gasteiger partial charge in [0.25, 0.3) is 0 Å². The van der Waals surface area contributed by atoms with Crippen LogP contribution in [0.15, 0.2) is 10.5 Å². The fourth-order valence-corrected chi connectivity index (χ4v) is 2.63. The van der Waals surface area contributed by atoms with Crippen LogP contribution in [0, 0.1) is 13.8 Å². The molecule has 2 rings (SSSR count). The molecule has 3 atom stereocenters. The smallest absolute Gasteiger partial charge is 0.105 e. The highest BCUT2D eigenvalue weighted by Gasteiger charge is 2.27. The highest BCUT2D eigenvalue weighted by Crippen LogP contribution is 2.25. The summed E-state index contributed by atoms with van der Waals surface area (Å²) in [6.07, 6.45) is 2.93. The lowest BCUT2D eigenvalue weighted by Crippen LogP contribution is -2.37. The average Bonchev–Trinajstić information content (AvgIpc) is 2.74. The van der Waals surface area contributed by atoms with Crippen molar-refractivity contribution >= 4 is 0 Å². The largest absolute Gasteiger partial charge is 0.466 e. The Bertz CT molecular complexity index is 359. The number of aliphatic hydroxyl groups is 1. The van der Waals surface area contributed by atoms with Gasteiger partial charge in [-0.3, -0.25) is 0 Å². The standard InChI is InChI=1S/C13H21NO2/c1-8-7-11(10(3)16-8)9(2)14-12-5-4-6-13(12)15/h7,9,12-15H,4-6H2,1-3H3/t9?,12-,13-/m1/s1. The van der Waals surface area contributed by atoms with E-state index in [1.54, 1.807) is 0 Å². The summed E-state index contributed by atoms with van der Waals surface area (Å²) >= 11 is 0. The van der Waals surface area contributed by atoms with Gasteiger partial charge in [-0.25, -0.2) is 0 Å². The molecule has 90 valence electrons. The van der Waals surface area contributed by atoms with Gasteiger partial charge >= 0.3 is 0 Å². The summed E-state index contributed by atoms with van der Waals surface area (Å²) in [7, 11) is 0. The lowest BCUT2D eigenvalue weighted by atomic mass is 10.1. The van der Waals surface area contributed by atoms with E-state index in [1.165, 1.54) is 5.56 Å². The third-order valence-electron chi connectivity index (χ3n) is 3.49. The van der Waals surface area contributed by atoms with Crippen LogP contribution in [0.4, 0.5) is 0 Å². The lowest BCUT2D eigenvalue weighted by molar-refractivity contribution is 0.144. The van der Waals surface area contributed by atoms with Crippen molar-refractivity contribution < 1.29 is 9.52 Å². The van der Waals surface area contributed by atoms with Crippen molar-refractivity contribution in [1.29, 1.82) is 0 Å². The van der Waals surface area contributed by atoms with E-state index in [9.17, 15) is 5.11 Å². The monoisotopic (exact) mass is 223 g/mol. The van der Waals surface area contributed by atoms with Crippen molar-refractivity contribution in [3.8, 4) is 0 Å². The Kier molecular flexibility index (Phi) is 3.36. The normalized spacial score (nSPS) is 27.2. The van der Waals surface area contributed by atoms with Gasteiger partial charge in [-0.1, -0.05) is 0 Å². The minimum absolute atomic E-state index is 0.184. The predicted molar refractivity (Wildman–Crippen MR) is 63.4 cm³/mol. The summed E-state index contributed by atoms with van der Waals surface area (Å²) in [4.78, 5) is 0. The van der Waals surface area contributed by atoms with Crippen molar-refractivity contribution in [1.82, 2.24) is 5.32 Å². The van der Waals surface area contributed by atoms with E-state index in [0.717, 1.165) is 30.8 Å². The van der Waals surface area contributed by atoms with Crippen molar-refractivity contribution in [2.24, 2.45) is 0 Å². The van der Waals surface area contributed by atoms with Gasteiger partial charge in [0.1, 0.15) is 11.5 Å². The molecule has 0 spiro atoms. The summed E-state index contributed by atoms with van der Waals surface area (Å²) in [5.74, 6) is 1.93. The van der Waals surface area contributed by atoms with Crippen LogP contribution in [-0.2, 0) is 0 Å². The van der Waals surface area contributed by atoms with Crippen LogP contribution in [0.2, 0.25) is 0 Å². The highest BCUT2D eigenvalue weighted by atomic mass is 16.3. The lowest BCUT2D eigenvalue weighted by Gasteiger charge is -2.21. The van der Waals surface area contributed by atoms with Gasteiger partial charge in [0, 0.05) is 17.6 Å². The first-order valence-corrected chi connectivity index (χ1v) is 6.09. The average molecular weight is 223 g/mol. The van der Waals surface area contributed by atoms with E-state index in [-0.39, 0.29) is 18.2 Å². The number of hydrogen-bond acceptors (Lipinski definition) is 3. The molecule has 0 radical (unpaired) electrons. The zero-order valence-electron chi connectivity index (χ0n) is 10.3. The van der Waals surface area contributed by atoms with E-state index in [4.69, 9.17) is 4.42 Å². The number of aryl methyl sites for hydroxylation is 2. The van der Waals surface area contributed by atoms with Gasteiger partial charge in [0.2, 0.25) is 0 Å². The molecule has 1 aromatic heterocycles. The summed E-state index contributed by atoms with van der Waals surface area (Å²) in [5, 5.41) is 13.3. The Hall–Kier alpha value is -0.800. The second kappa shape index (κ2) is 4.60. The summed E-state index contributed by atoms with van der Waals surface area (Å²) < 4.78 is 5.52. The van der Waals surface area contributed by atoms with E-state index in [2.05, 4.69) is 18.3 Å². The fourth-order valence-electron chi connectivity index (χ4n) is 2.63. The van der Waals surface area contributed by atoms with Gasteiger partial charge < -0.3 is 14.8 Å². The van der Waals surface area contributed by atoms with Crippen molar-refractivity contribution in [3.63, 3.8) is 0 Å². The van der Waals surface area contributed by atoms with Gasteiger partial charge in [-0.15, -0.1) is 0 Å². The maximum absolute atomic E-state index is 9.77.